The van der Waals surface area contributed by atoms with Gasteiger partial charge in [0.25, 0.3) is 0 Å². The fourth-order valence-electron chi connectivity index (χ4n) is 3.13. The molecule has 1 atom stereocenters. The zero-order valence-corrected chi connectivity index (χ0v) is 16.7. The van der Waals surface area contributed by atoms with Crippen molar-refractivity contribution >= 4 is 23.5 Å². The number of hydrogen-bond acceptors (Lipinski definition) is 5. The lowest BCUT2D eigenvalue weighted by Crippen LogP contribution is -2.35. The molecule has 0 unspecified atom stereocenters. The maximum Gasteiger partial charge on any atom is 0.318 e. The van der Waals surface area contributed by atoms with E-state index in [0.717, 1.165) is 11.4 Å². The van der Waals surface area contributed by atoms with Crippen molar-refractivity contribution in [2.45, 2.75) is 13.0 Å². The molecule has 7 heteroatoms. The minimum absolute atomic E-state index is 0.109. The van der Waals surface area contributed by atoms with Crippen LogP contribution in [0, 0.1) is 0 Å². The zero-order chi connectivity index (χ0) is 20.3. The van der Waals surface area contributed by atoms with Crippen LogP contribution in [0.15, 0.2) is 47.5 Å². The van der Waals surface area contributed by atoms with Crippen LogP contribution >= 0.6 is 0 Å². The number of amides is 1. The normalized spacial score (nSPS) is 16.8. The summed E-state index contributed by atoms with van der Waals surface area (Å²) in [7, 11) is 6.55. The fraction of sp³-hybridized carbons (Fsp3) is 0.286. The number of carbonyl (C=O) groups is 1. The molecule has 0 spiro atoms. The SMILES string of the molecule is COc1cc(OC)c(OC)cc1C=N[C@H]1C(=O)N(c2ccccc2)[N+](C)=C1C. The van der Waals surface area contributed by atoms with Gasteiger partial charge in [0, 0.05) is 24.8 Å². The van der Waals surface area contributed by atoms with Gasteiger partial charge in [0.1, 0.15) is 11.4 Å². The summed E-state index contributed by atoms with van der Waals surface area (Å²) in [6.07, 6.45) is 1.63. The smallest absolute Gasteiger partial charge is 0.318 e. The average molecular weight is 382 g/mol. The third kappa shape index (κ3) is 3.43. The predicted octanol–water partition coefficient (Wildman–Crippen LogP) is 2.56. The van der Waals surface area contributed by atoms with E-state index in [1.807, 2.05) is 49.0 Å². The van der Waals surface area contributed by atoms with Crippen molar-refractivity contribution in [3.8, 4) is 17.2 Å². The third-order valence-corrected chi connectivity index (χ3v) is 4.75. The van der Waals surface area contributed by atoms with Gasteiger partial charge < -0.3 is 14.2 Å². The highest BCUT2D eigenvalue weighted by atomic mass is 16.5. The molecule has 0 saturated heterocycles. The lowest BCUT2D eigenvalue weighted by Gasteiger charge is -2.12. The van der Waals surface area contributed by atoms with Crippen molar-refractivity contribution in [3.05, 3.63) is 48.0 Å². The van der Waals surface area contributed by atoms with Gasteiger partial charge >= 0.3 is 5.91 Å². The highest BCUT2D eigenvalue weighted by Crippen LogP contribution is 2.34. The van der Waals surface area contributed by atoms with Crippen molar-refractivity contribution in [2.75, 3.05) is 33.4 Å². The largest absolute Gasteiger partial charge is 0.496 e. The molecule has 28 heavy (non-hydrogen) atoms. The van der Waals surface area contributed by atoms with E-state index in [1.165, 1.54) is 0 Å². The lowest BCUT2D eigenvalue weighted by molar-refractivity contribution is -0.495. The number of hydrazone groups is 1. The van der Waals surface area contributed by atoms with Gasteiger partial charge in [0.05, 0.1) is 21.3 Å². The van der Waals surface area contributed by atoms with E-state index in [0.29, 0.717) is 22.8 Å². The fourth-order valence-corrected chi connectivity index (χ4v) is 3.13. The second kappa shape index (κ2) is 8.12. The van der Waals surface area contributed by atoms with E-state index >= 15 is 0 Å². The molecule has 1 amide bonds. The van der Waals surface area contributed by atoms with E-state index in [9.17, 15) is 4.79 Å². The maximum atomic E-state index is 13.0. The molecule has 2 aromatic carbocycles. The molecule has 7 nitrogen and oxygen atoms in total. The van der Waals surface area contributed by atoms with Crippen LogP contribution in [0.3, 0.4) is 0 Å². The van der Waals surface area contributed by atoms with Crippen LogP contribution in [0.1, 0.15) is 12.5 Å². The Kier molecular flexibility index (Phi) is 5.63. The first-order chi connectivity index (χ1) is 13.5. The predicted molar refractivity (Wildman–Crippen MR) is 108 cm³/mol. The first-order valence-electron chi connectivity index (χ1n) is 8.81. The molecule has 3 rings (SSSR count). The summed E-state index contributed by atoms with van der Waals surface area (Å²) < 4.78 is 17.9. The highest BCUT2D eigenvalue weighted by molar-refractivity contribution is 6.15. The standard InChI is InChI=1S/C21H24N3O4/c1-14-20(21(25)24(23(14)2)16-9-7-6-8-10-16)22-13-15-11-18(27-4)19(28-5)12-17(15)26-3/h6-13,20H,1-5H3/q+1/t20-/m1/s1. The first-order valence-corrected chi connectivity index (χ1v) is 8.81. The van der Waals surface area contributed by atoms with Crippen molar-refractivity contribution in [1.82, 2.24) is 0 Å². The Morgan fingerprint density at radius 2 is 1.61 bits per heavy atom. The van der Waals surface area contributed by atoms with E-state index in [2.05, 4.69) is 4.99 Å². The summed E-state index contributed by atoms with van der Waals surface area (Å²) in [4.78, 5) is 17.5. The molecule has 146 valence electrons. The molecule has 0 N–H and O–H groups in total. The second-order valence-electron chi connectivity index (χ2n) is 6.28. The molecular weight excluding hydrogens is 358 g/mol. The number of para-hydroxylation sites is 1. The highest BCUT2D eigenvalue weighted by Gasteiger charge is 2.44. The molecular formula is C21H24N3O4+. The Bertz CT molecular complexity index is 938. The summed E-state index contributed by atoms with van der Waals surface area (Å²) in [5.74, 6) is 1.59. The molecule has 1 aliphatic rings. The Morgan fingerprint density at radius 1 is 1.00 bits per heavy atom. The molecule has 1 aliphatic heterocycles. The number of aliphatic imine (C=N–C) groups is 1. The van der Waals surface area contributed by atoms with E-state index < -0.39 is 6.04 Å². The topological polar surface area (TPSA) is 63.4 Å². The van der Waals surface area contributed by atoms with Crippen molar-refractivity contribution < 1.29 is 23.7 Å². The van der Waals surface area contributed by atoms with Gasteiger partial charge in [-0.2, -0.15) is 0 Å². The van der Waals surface area contributed by atoms with Crippen LogP contribution in [-0.4, -0.2) is 56.9 Å². The van der Waals surface area contributed by atoms with E-state index in [-0.39, 0.29) is 5.91 Å². The third-order valence-electron chi connectivity index (χ3n) is 4.75. The van der Waals surface area contributed by atoms with Crippen LogP contribution in [0.2, 0.25) is 0 Å². The molecule has 0 aromatic heterocycles. The van der Waals surface area contributed by atoms with Gasteiger partial charge in [0.15, 0.2) is 18.5 Å². The number of methoxy groups -OCH3 is 3. The maximum absolute atomic E-state index is 13.0. The molecule has 1 heterocycles. The number of benzene rings is 2. The number of ether oxygens (including phenoxy) is 3. The van der Waals surface area contributed by atoms with Gasteiger partial charge in [-0.25, -0.2) is 0 Å². The van der Waals surface area contributed by atoms with Crippen molar-refractivity contribution in [1.29, 1.82) is 0 Å². The Morgan fingerprint density at radius 3 is 2.21 bits per heavy atom. The number of rotatable bonds is 6. The van der Waals surface area contributed by atoms with E-state index in [1.54, 1.807) is 44.7 Å². The number of anilines is 1. The van der Waals surface area contributed by atoms with Crippen molar-refractivity contribution in [2.24, 2.45) is 4.99 Å². The minimum atomic E-state index is -0.608. The van der Waals surface area contributed by atoms with Crippen LogP contribution in [0.4, 0.5) is 5.69 Å². The molecule has 0 radical (unpaired) electrons. The number of carbonyl (C=O) groups excluding carboxylic acids is 1. The summed E-state index contributed by atoms with van der Waals surface area (Å²) >= 11 is 0. The lowest BCUT2D eigenvalue weighted by atomic mass is 10.1. The number of nitrogens with zero attached hydrogens (tertiary/aromatic N) is 3. The zero-order valence-electron chi connectivity index (χ0n) is 16.7. The monoisotopic (exact) mass is 382 g/mol. The Balaban J connectivity index is 1.94. The van der Waals surface area contributed by atoms with E-state index in [4.69, 9.17) is 14.2 Å². The van der Waals surface area contributed by atoms with Gasteiger partial charge in [-0.15, -0.1) is 4.68 Å². The quantitative estimate of drug-likeness (QED) is 0.569. The minimum Gasteiger partial charge on any atom is -0.496 e. The summed E-state index contributed by atoms with van der Waals surface area (Å²) in [6, 6.07) is 12.4. The van der Waals surface area contributed by atoms with Crippen LogP contribution < -0.4 is 19.2 Å². The van der Waals surface area contributed by atoms with Gasteiger partial charge in [-0.05, 0) is 18.2 Å². The second-order valence-corrected chi connectivity index (χ2v) is 6.28. The Hall–Kier alpha value is -3.35. The molecule has 0 aliphatic carbocycles. The van der Waals surface area contributed by atoms with Gasteiger partial charge in [0.2, 0.25) is 11.8 Å². The Labute approximate surface area is 164 Å². The number of hydrazine groups is 1. The summed E-state index contributed by atoms with van der Waals surface area (Å²) in [5, 5.41) is 1.63. The molecule has 2 aromatic rings. The van der Waals surface area contributed by atoms with Crippen LogP contribution in [0.5, 0.6) is 17.2 Å². The van der Waals surface area contributed by atoms with Crippen LogP contribution in [-0.2, 0) is 4.79 Å². The summed E-state index contributed by atoms with van der Waals surface area (Å²) in [5.41, 5.74) is 2.34. The number of hydrogen-bond donors (Lipinski definition) is 0. The van der Waals surface area contributed by atoms with Crippen LogP contribution in [0.25, 0.3) is 0 Å². The summed E-state index contributed by atoms with van der Waals surface area (Å²) in [6.45, 7) is 1.90. The van der Waals surface area contributed by atoms with Crippen molar-refractivity contribution in [3.63, 3.8) is 0 Å². The molecule has 0 fully saturated rings. The average Bonchev–Trinajstić information content (AvgIpc) is 2.94. The molecule has 0 saturated carbocycles. The molecule has 0 bridgehead atoms. The first kappa shape index (κ1) is 19.4. The van der Waals surface area contributed by atoms with Gasteiger partial charge in [-0.1, -0.05) is 23.2 Å². The van der Waals surface area contributed by atoms with Gasteiger partial charge in [-0.3, -0.25) is 9.79 Å².